The van der Waals surface area contributed by atoms with Gasteiger partial charge < -0.3 is 28.4 Å². The molecule has 1 unspecified atom stereocenters. The minimum atomic E-state index is -2.69. The zero-order valence-corrected chi connectivity index (χ0v) is 31.4. The van der Waals surface area contributed by atoms with Gasteiger partial charge in [0.1, 0.15) is 18.4 Å². The van der Waals surface area contributed by atoms with E-state index in [-0.39, 0.29) is 37.2 Å². The van der Waals surface area contributed by atoms with Crippen molar-refractivity contribution in [3.63, 3.8) is 0 Å². The lowest BCUT2D eigenvalue weighted by Crippen LogP contribution is -2.54. The Hall–Kier alpha value is -5.88. The molecule has 1 N–H and O–H groups in total. The number of fused-ring (bicyclic) bond motifs is 4. The molecule has 2 aromatic carbocycles. The predicted octanol–water partition coefficient (Wildman–Crippen LogP) is 4.96. The average Bonchev–Trinajstić information content (AvgIpc) is 3.69. The summed E-state index contributed by atoms with van der Waals surface area (Å²) < 4.78 is 62.5. The quantitative estimate of drug-likeness (QED) is 0.0783. The highest BCUT2D eigenvalue weighted by molar-refractivity contribution is 6.23. The number of carbonyl (C=O) groups excluding carboxylic acids is 4. The smallest absolute Gasteiger partial charge is 0.319 e. The molecule has 3 aromatic heterocycles. The maximum atomic E-state index is 14.0. The van der Waals surface area contributed by atoms with Gasteiger partial charge in [0.25, 0.3) is 11.8 Å². The number of rotatable bonds is 21. The summed E-state index contributed by atoms with van der Waals surface area (Å²) in [5.41, 5.74) is 2.73. The number of aromatic nitrogens is 3. The molecule has 4 amide bonds. The molecule has 0 spiro atoms. The van der Waals surface area contributed by atoms with Crippen molar-refractivity contribution in [2.45, 2.75) is 31.9 Å². The van der Waals surface area contributed by atoms with Crippen LogP contribution in [0, 0.1) is 0 Å². The molecular formula is C41H41F2N5O10. The van der Waals surface area contributed by atoms with Gasteiger partial charge in [-0.1, -0.05) is 12.1 Å². The van der Waals surface area contributed by atoms with E-state index in [2.05, 4.69) is 15.3 Å². The third-order valence-electron chi connectivity index (χ3n) is 9.58. The summed E-state index contributed by atoms with van der Waals surface area (Å²) in [5, 5.41) is 3.56. The molecule has 2 aliphatic heterocycles. The Balaban J connectivity index is 0.691. The van der Waals surface area contributed by atoms with Gasteiger partial charge in [-0.15, -0.1) is 0 Å². The van der Waals surface area contributed by atoms with Crippen LogP contribution in [0.2, 0.25) is 0 Å². The van der Waals surface area contributed by atoms with Gasteiger partial charge in [0.15, 0.2) is 0 Å². The number of halogens is 2. The maximum absolute atomic E-state index is 14.0. The zero-order chi connectivity index (χ0) is 40.4. The highest BCUT2D eigenvalue weighted by Crippen LogP contribution is 2.35. The predicted molar refractivity (Wildman–Crippen MR) is 204 cm³/mol. The summed E-state index contributed by atoms with van der Waals surface area (Å²) in [6.45, 7) is 1.03. The molecule has 1 atom stereocenters. The number of alkyl halides is 2. The highest BCUT2D eigenvalue weighted by Gasteiger charge is 2.44. The number of pyridine rings is 2. The zero-order valence-electron chi connectivity index (χ0n) is 31.4. The number of hydrogen-bond donors (Lipinski definition) is 1. The second kappa shape index (κ2) is 19.0. The summed E-state index contributed by atoms with van der Waals surface area (Å²) in [6.07, 6.45) is 5.56. The van der Waals surface area contributed by atoms with Gasteiger partial charge in [0, 0.05) is 60.4 Å². The topological polar surface area (TPSA) is 170 Å². The lowest BCUT2D eigenvalue weighted by Gasteiger charge is -2.27. The molecule has 5 heterocycles. The normalized spacial score (nSPS) is 15.5. The summed E-state index contributed by atoms with van der Waals surface area (Å²) in [6, 6.07) is 14.1. The Bertz CT molecular complexity index is 2270. The number of benzene rings is 2. The number of nitrogens with zero attached hydrogens (tertiary/aromatic N) is 4. The monoisotopic (exact) mass is 801 g/mol. The molecule has 0 aliphatic carbocycles. The van der Waals surface area contributed by atoms with Crippen LogP contribution in [0.3, 0.4) is 0 Å². The largest absolute Gasteiger partial charge is 0.491 e. The SMILES string of the molecule is O=C1CCC(N2C(=O)c3ccc(OCCOCCOCCOCCOCCCOc4ccc(-c5ccc6c7cnccc7n(C(F)F)c6c5)cn4)cc3C2=O)C(=O)N1. The lowest BCUT2D eigenvalue weighted by atomic mass is 10.0. The number of ether oxygens (including phenoxy) is 6. The first kappa shape index (κ1) is 40.3. The molecule has 58 heavy (non-hydrogen) atoms. The first-order valence-electron chi connectivity index (χ1n) is 18.8. The van der Waals surface area contributed by atoms with E-state index in [4.69, 9.17) is 28.4 Å². The van der Waals surface area contributed by atoms with E-state index in [1.54, 1.807) is 36.7 Å². The van der Waals surface area contributed by atoms with Crippen LogP contribution in [0.5, 0.6) is 11.6 Å². The first-order valence-corrected chi connectivity index (χ1v) is 18.8. The summed E-state index contributed by atoms with van der Waals surface area (Å²) >= 11 is 0. The van der Waals surface area contributed by atoms with Crippen molar-refractivity contribution in [2.75, 3.05) is 66.1 Å². The molecule has 304 valence electrons. The number of hydrogen-bond acceptors (Lipinski definition) is 12. The molecule has 0 radical (unpaired) electrons. The van der Waals surface area contributed by atoms with Crippen LogP contribution in [0.1, 0.15) is 46.5 Å². The molecule has 15 nitrogen and oxygen atoms in total. The Morgan fingerprint density at radius 3 is 2.10 bits per heavy atom. The minimum absolute atomic E-state index is 0.0525. The second-order valence-electron chi connectivity index (χ2n) is 13.3. The number of imide groups is 2. The van der Waals surface area contributed by atoms with Crippen molar-refractivity contribution in [2.24, 2.45) is 0 Å². The van der Waals surface area contributed by atoms with E-state index < -0.39 is 36.2 Å². The van der Waals surface area contributed by atoms with E-state index in [0.29, 0.717) is 92.7 Å². The summed E-state index contributed by atoms with van der Waals surface area (Å²) in [7, 11) is 0. The Labute approximate surface area is 331 Å². The number of carbonyl (C=O) groups is 4. The van der Waals surface area contributed by atoms with Gasteiger partial charge in [-0.3, -0.25) is 38.9 Å². The van der Waals surface area contributed by atoms with Crippen LogP contribution in [0.25, 0.3) is 32.9 Å². The molecule has 2 aliphatic rings. The van der Waals surface area contributed by atoms with Gasteiger partial charge in [-0.05, 0) is 48.4 Å². The molecule has 1 fully saturated rings. The van der Waals surface area contributed by atoms with E-state index in [1.165, 1.54) is 18.3 Å². The molecular weight excluding hydrogens is 760 g/mol. The van der Waals surface area contributed by atoms with Gasteiger partial charge in [0.2, 0.25) is 17.7 Å². The van der Waals surface area contributed by atoms with E-state index in [0.717, 1.165) is 20.6 Å². The fourth-order valence-corrected chi connectivity index (χ4v) is 6.78. The molecule has 0 saturated carbocycles. The minimum Gasteiger partial charge on any atom is -0.491 e. The van der Waals surface area contributed by atoms with Crippen molar-refractivity contribution in [3.8, 4) is 22.8 Å². The lowest BCUT2D eigenvalue weighted by molar-refractivity contribution is -0.136. The van der Waals surface area contributed by atoms with E-state index in [1.807, 2.05) is 18.2 Å². The van der Waals surface area contributed by atoms with Gasteiger partial charge in [-0.25, -0.2) is 4.98 Å². The third-order valence-corrected chi connectivity index (χ3v) is 9.58. The van der Waals surface area contributed by atoms with Crippen LogP contribution in [0.4, 0.5) is 8.78 Å². The standard InChI is InChI=1S/C41H41F2N5O10/c42-41(43)47-33-10-11-44-25-32(33)29-5-2-26(22-35(29)47)27-3-9-37(45-24-27)58-13-1-12-53-14-15-54-16-17-55-18-19-56-20-21-57-28-4-6-30-31(23-28)40(52)48(39(30)51)34-7-8-36(49)46-38(34)50/h2-6,9-11,22-25,34,41H,1,7-8,12-21H2,(H,46,49,50). The summed E-state index contributed by atoms with van der Waals surface area (Å²) in [4.78, 5) is 58.9. The van der Waals surface area contributed by atoms with Gasteiger partial charge in [0.05, 0.1) is 75.0 Å². The summed E-state index contributed by atoms with van der Waals surface area (Å²) in [5.74, 6) is -1.42. The Morgan fingerprint density at radius 2 is 1.40 bits per heavy atom. The van der Waals surface area contributed by atoms with Crippen LogP contribution < -0.4 is 14.8 Å². The highest BCUT2D eigenvalue weighted by atomic mass is 19.3. The number of nitrogens with one attached hydrogen (secondary N) is 1. The first-order chi connectivity index (χ1) is 28.3. The molecule has 0 bridgehead atoms. The third kappa shape index (κ3) is 9.29. The van der Waals surface area contributed by atoms with Gasteiger partial charge >= 0.3 is 6.55 Å². The molecule has 17 heteroatoms. The fourth-order valence-electron chi connectivity index (χ4n) is 6.78. The fraction of sp³-hybridized carbons (Fsp3) is 0.366. The Morgan fingerprint density at radius 1 is 0.690 bits per heavy atom. The van der Waals surface area contributed by atoms with Crippen molar-refractivity contribution in [3.05, 3.63) is 84.3 Å². The molecule has 5 aromatic rings. The van der Waals surface area contributed by atoms with Crippen LogP contribution in [0.15, 0.2) is 73.2 Å². The van der Waals surface area contributed by atoms with Crippen molar-refractivity contribution < 1.29 is 56.4 Å². The van der Waals surface area contributed by atoms with E-state index >= 15 is 0 Å². The van der Waals surface area contributed by atoms with E-state index in [9.17, 15) is 28.0 Å². The van der Waals surface area contributed by atoms with Crippen LogP contribution in [-0.4, -0.2) is 115 Å². The van der Waals surface area contributed by atoms with Crippen molar-refractivity contribution in [1.82, 2.24) is 24.8 Å². The van der Waals surface area contributed by atoms with Crippen LogP contribution in [-0.2, 0) is 28.5 Å². The van der Waals surface area contributed by atoms with Gasteiger partial charge in [-0.2, -0.15) is 8.78 Å². The molecule has 7 rings (SSSR count). The average molecular weight is 802 g/mol. The molecule has 1 saturated heterocycles. The van der Waals surface area contributed by atoms with Crippen LogP contribution >= 0.6 is 0 Å². The number of amides is 4. The second-order valence-corrected chi connectivity index (χ2v) is 13.3. The van der Waals surface area contributed by atoms with Crippen molar-refractivity contribution >= 4 is 45.4 Å². The number of piperidine rings is 1. The van der Waals surface area contributed by atoms with Crippen molar-refractivity contribution in [1.29, 1.82) is 0 Å². The maximum Gasteiger partial charge on any atom is 0.319 e. The Kier molecular flexibility index (Phi) is 13.2.